The summed E-state index contributed by atoms with van der Waals surface area (Å²) in [4.78, 5) is 18.7. The van der Waals surface area contributed by atoms with Crippen LogP contribution in [0.1, 0.15) is 28.0 Å². The van der Waals surface area contributed by atoms with Crippen LogP contribution in [0, 0.1) is 13.8 Å². The van der Waals surface area contributed by atoms with Crippen LogP contribution in [0.2, 0.25) is 0 Å². The number of fused-ring (bicyclic) bond motifs is 1. The Morgan fingerprint density at radius 1 is 1.14 bits per heavy atom. The Morgan fingerprint density at radius 2 is 1.91 bits per heavy atom. The number of rotatable bonds is 6. The molecule has 0 fully saturated rings. The van der Waals surface area contributed by atoms with Crippen molar-refractivity contribution >= 4 is 16.8 Å². The summed E-state index contributed by atoms with van der Waals surface area (Å²) in [5, 5.41) is 19.0. The van der Waals surface area contributed by atoms with E-state index >= 15 is 0 Å². The van der Waals surface area contributed by atoms with Crippen LogP contribution in [0.25, 0.3) is 10.9 Å². The van der Waals surface area contributed by atoms with E-state index in [-0.39, 0.29) is 25.7 Å². The molecule has 118 valence electrons. The number of aliphatic hydroxyl groups excluding tert-OH is 2. The van der Waals surface area contributed by atoms with Gasteiger partial charge < -0.3 is 15.1 Å². The Balaban J connectivity index is 2.38. The molecule has 2 N–H and O–H groups in total. The second-order valence-corrected chi connectivity index (χ2v) is 5.41. The summed E-state index contributed by atoms with van der Waals surface area (Å²) < 4.78 is 0. The van der Waals surface area contributed by atoms with Crippen molar-refractivity contribution in [2.45, 2.75) is 20.3 Å². The van der Waals surface area contributed by atoms with Gasteiger partial charge in [-0.05, 0) is 38.5 Å². The molecule has 22 heavy (non-hydrogen) atoms. The summed E-state index contributed by atoms with van der Waals surface area (Å²) in [6.45, 7) is 4.40. The SMILES string of the molecule is Cc1ccc2nc(C)c(C(=O)N(CCO)CCCO)cc2c1. The Labute approximate surface area is 130 Å². The minimum Gasteiger partial charge on any atom is -0.396 e. The van der Waals surface area contributed by atoms with E-state index in [2.05, 4.69) is 4.98 Å². The number of nitrogens with zero attached hydrogens (tertiary/aromatic N) is 2. The maximum absolute atomic E-state index is 12.7. The van der Waals surface area contributed by atoms with Gasteiger partial charge in [0.05, 0.1) is 23.4 Å². The summed E-state index contributed by atoms with van der Waals surface area (Å²) in [5.41, 5.74) is 3.20. The van der Waals surface area contributed by atoms with Crippen LogP contribution >= 0.6 is 0 Å². The summed E-state index contributed by atoms with van der Waals surface area (Å²) >= 11 is 0. The predicted molar refractivity (Wildman–Crippen MR) is 85.9 cm³/mol. The molecule has 0 spiro atoms. The van der Waals surface area contributed by atoms with E-state index in [4.69, 9.17) is 10.2 Å². The molecule has 0 saturated heterocycles. The number of hydrogen-bond donors (Lipinski definition) is 2. The second kappa shape index (κ2) is 7.33. The first-order valence-corrected chi connectivity index (χ1v) is 7.46. The van der Waals surface area contributed by atoms with Crippen molar-refractivity contribution in [1.29, 1.82) is 0 Å². The lowest BCUT2D eigenvalue weighted by Crippen LogP contribution is -2.35. The first-order chi connectivity index (χ1) is 10.6. The number of hydrogen-bond acceptors (Lipinski definition) is 4. The highest BCUT2D eigenvalue weighted by atomic mass is 16.3. The Bertz CT molecular complexity index is 670. The molecule has 1 heterocycles. The van der Waals surface area contributed by atoms with Crippen LogP contribution in [-0.2, 0) is 0 Å². The number of benzene rings is 1. The fourth-order valence-corrected chi connectivity index (χ4v) is 2.48. The summed E-state index contributed by atoms with van der Waals surface area (Å²) in [7, 11) is 0. The van der Waals surface area contributed by atoms with Crippen LogP contribution < -0.4 is 0 Å². The first kappa shape index (κ1) is 16.4. The molecule has 5 heteroatoms. The number of aliphatic hydroxyl groups is 2. The monoisotopic (exact) mass is 302 g/mol. The lowest BCUT2D eigenvalue weighted by atomic mass is 10.1. The number of carbonyl (C=O) groups excluding carboxylic acids is 1. The molecule has 2 aromatic rings. The fraction of sp³-hybridized carbons (Fsp3) is 0.412. The van der Waals surface area contributed by atoms with Crippen LogP contribution in [0.15, 0.2) is 24.3 Å². The molecule has 1 aromatic carbocycles. The highest BCUT2D eigenvalue weighted by Gasteiger charge is 2.18. The van der Waals surface area contributed by atoms with Crippen molar-refractivity contribution in [2.75, 3.05) is 26.3 Å². The van der Waals surface area contributed by atoms with Crippen molar-refractivity contribution in [3.63, 3.8) is 0 Å². The third-order valence-electron chi connectivity index (χ3n) is 3.63. The molecular weight excluding hydrogens is 280 g/mol. The van der Waals surface area contributed by atoms with Crippen LogP contribution in [0.4, 0.5) is 0 Å². The maximum atomic E-state index is 12.7. The molecule has 2 rings (SSSR count). The number of aryl methyl sites for hydroxylation is 2. The van der Waals surface area contributed by atoms with Gasteiger partial charge in [0.2, 0.25) is 0 Å². The predicted octanol–water partition coefficient (Wildman–Crippen LogP) is 1.67. The molecule has 0 unspecified atom stereocenters. The molecule has 0 bridgehead atoms. The Hall–Kier alpha value is -1.98. The largest absolute Gasteiger partial charge is 0.396 e. The average molecular weight is 302 g/mol. The molecule has 5 nitrogen and oxygen atoms in total. The van der Waals surface area contributed by atoms with E-state index in [1.165, 1.54) is 0 Å². The highest BCUT2D eigenvalue weighted by molar-refractivity contribution is 5.98. The minimum atomic E-state index is -0.157. The van der Waals surface area contributed by atoms with E-state index in [1.54, 1.807) is 4.90 Å². The van der Waals surface area contributed by atoms with Gasteiger partial charge in [0.1, 0.15) is 0 Å². The fourth-order valence-electron chi connectivity index (χ4n) is 2.48. The average Bonchev–Trinajstić information content (AvgIpc) is 2.50. The van der Waals surface area contributed by atoms with Gasteiger partial charge in [-0.2, -0.15) is 0 Å². The van der Waals surface area contributed by atoms with Gasteiger partial charge in [-0.15, -0.1) is 0 Å². The van der Waals surface area contributed by atoms with Crippen molar-refractivity contribution in [3.05, 3.63) is 41.1 Å². The zero-order valence-corrected chi connectivity index (χ0v) is 13.0. The lowest BCUT2D eigenvalue weighted by molar-refractivity contribution is 0.0709. The third kappa shape index (κ3) is 3.61. The third-order valence-corrected chi connectivity index (χ3v) is 3.63. The topological polar surface area (TPSA) is 73.7 Å². The normalized spacial score (nSPS) is 10.9. The van der Waals surface area contributed by atoms with Crippen molar-refractivity contribution in [1.82, 2.24) is 9.88 Å². The number of aromatic nitrogens is 1. The molecule has 0 aliphatic heterocycles. The van der Waals surface area contributed by atoms with E-state index in [0.717, 1.165) is 16.5 Å². The van der Waals surface area contributed by atoms with E-state index in [0.29, 0.717) is 24.2 Å². The van der Waals surface area contributed by atoms with Gasteiger partial charge in [0.25, 0.3) is 5.91 Å². The highest BCUT2D eigenvalue weighted by Crippen LogP contribution is 2.19. The van der Waals surface area contributed by atoms with Gasteiger partial charge in [-0.25, -0.2) is 0 Å². The zero-order chi connectivity index (χ0) is 16.1. The molecule has 0 atom stereocenters. The number of carbonyl (C=O) groups is 1. The second-order valence-electron chi connectivity index (χ2n) is 5.41. The standard InChI is InChI=1S/C17H22N2O3/c1-12-4-5-16-14(10-12)11-15(13(2)18-16)17(22)19(7-9-21)6-3-8-20/h4-5,10-11,20-21H,3,6-9H2,1-2H3. The minimum absolute atomic E-state index is 0.0172. The quantitative estimate of drug-likeness (QED) is 0.851. The van der Waals surface area contributed by atoms with Gasteiger partial charge in [0.15, 0.2) is 0 Å². The van der Waals surface area contributed by atoms with E-state index in [9.17, 15) is 4.79 Å². The Morgan fingerprint density at radius 3 is 2.59 bits per heavy atom. The van der Waals surface area contributed by atoms with Crippen molar-refractivity contribution in [3.8, 4) is 0 Å². The Kier molecular flexibility index (Phi) is 5.46. The van der Waals surface area contributed by atoms with E-state index < -0.39 is 0 Å². The molecule has 0 aliphatic rings. The summed E-state index contributed by atoms with van der Waals surface area (Å²) in [5.74, 6) is -0.157. The first-order valence-electron chi connectivity index (χ1n) is 7.46. The smallest absolute Gasteiger partial charge is 0.255 e. The van der Waals surface area contributed by atoms with Crippen molar-refractivity contribution < 1.29 is 15.0 Å². The number of pyridine rings is 1. The summed E-state index contributed by atoms with van der Waals surface area (Å²) in [6.07, 6.45) is 0.491. The van der Waals surface area contributed by atoms with E-state index in [1.807, 2.05) is 38.1 Å². The van der Waals surface area contributed by atoms with Gasteiger partial charge in [-0.1, -0.05) is 11.6 Å². The van der Waals surface area contributed by atoms with Gasteiger partial charge in [-0.3, -0.25) is 9.78 Å². The molecule has 1 amide bonds. The maximum Gasteiger partial charge on any atom is 0.255 e. The molecular formula is C17H22N2O3. The molecule has 1 aromatic heterocycles. The van der Waals surface area contributed by atoms with Gasteiger partial charge in [0, 0.05) is 25.1 Å². The van der Waals surface area contributed by atoms with Crippen LogP contribution in [0.3, 0.4) is 0 Å². The molecule has 0 radical (unpaired) electrons. The molecule has 0 saturated carbocycles. The van der Waals surface area contributed by atoms with Crippen molar-refractivity contribution in [2.24, 2.45) is 0 Å². The van der Waals surface area contributed by atoms with Crippen LogP contribution in [0.5, 0.6) is 0 Å². The van der Waals surface area contributed by atoms with Gasteiger partial charge >= 0.3 is 0 Å². The summed E-state index contributed by atoms with van der Waals surface area (Å²) in [6, 6.07) is 7.80. The number of amides is 1. The molecule has 0 aliphatic carbocycles. The lowest BCUT2D eigenvalue weighted by Gasteiger charge is -2.22. The van der Waals surface area contributed by atoms with Crippen LogP contribution in [-0.4, -0.2) is 52.3 Å². The zero-order valence-electron chi connectivity index (χ0n) is 13.0.